The molecule has 1 atom stereocenters. The van der Waals surface area contributed by atoms with E-state index in [1.165, 1.54) is 12.8 Å². The fourth-order valence-electron chi connectivity index (χ4n) is 4.40. The zero-order valence-corrected chi connectivity index (χ0v) is 30.0. The molecule has 4 nitrogen and oxygen atoms in total. The van der Waals surface area contributed by atoms with Crippen LogP contribution in [0.3, 0.4) is 0 Å². The second-order valence-electron chi connectivity index (χ2n) is 11.5. The summed E-state index contributed by atoms with van der Waals surface area (Å²) in [5.74, 6) is -0.257. The van der Waals surface area contributed by atoms with Crippen molar-refractivity contribution in [3.8, 4) is 0 Å². The predicted molar refractivity (Wildman–Crippen MR) is 204 cm³/mol. The number of aliphatic hydroxyl groups excluding tert-OH is 1. The Kier molecular flexibility index (Phi) is 36.8. The van der Waals surface area contributed by atoms with Crippen LogP contribution in [0.5, 0.6) is 0 Å². The third-order valence-electron chi connectivity index (χ3n) is 7.09. The molecule has 0 aliphatic rings. The molecule has 1 N–H and O–H groups in total. The van der Waals surface area contributed by atoms with Crippen molar-refractivity contribution in [2.45, 2.75) is 136 Å². The molecule has 0 aromatic heterocycles. The van der Waals surface area contributed by atoms with E-state index in [2.05, 4.69) is 123 Å². The van der Waals surface area contributed by atoms with E-state index in [0.717, 1.165) is 96.3 Å². The van der Waals surface area contributed by atoms with Crippen LogP contribution in [-0.2, 0) is 14.3 Å². The average Bonchev–Trinajstić information content (AvgIpc) is 3.08. The zero-order valence-electron chi connectivity index (χ0n) is 30.0. The monoisotopic (exact) mass is 649 g/mol. The van der Waals surface area contributed by atoms with Crippen LogP contribution in [0.25, 0.3) is 0 Å². The molecule has 0 aliphatic carbocycles. The Morgan fingerprint density at radius 2 is 0.894 bits per heavy atom. The van der Waals surface area contributed by atoms with E-state index in [-0.39, 0.29) is 19.2 Å². The number of carbonyl (C=O) groups excluding carboxylic acids is 1. The van der Waals surface area contributed by atoms with Crippen molar-refractivity contribution >= 4 is 5.97 Å². The molecule has 0 spiro atoms. The van der Waals surface area contributed by atoms with E-state index < -0.39 is 6.10 Å². The minimum Gasteiger partial charge on any atom is -0.457 e. The Balaban J connectivity index is 3.64. The lowest BCUT2D eigenvalue weighted by atomic mass is 10.1. The van der Waals surface area contributed by atoms with E-state index >= 15 is 0 Å². The normalized spacial score (nSPS) is 13.7. The summed E-state index contributed by atoms with van der Waals surface area (Å²) in [6.07, 6.45) is 57.0. The van der Waals surface area contributed by atoms with Crippen LogP contribution in [0.15, 0.2) is 109 Å². The number of hydrogen-bond acceptors (Lipinski definition) is 4. The third kappa shape index (κ3) is 37.4. The summed E-state index contributed by atoms with van der Waals surface area (Å²) in [6, 6.07) is 0. The molecular formula is C43H68O4. The summed E-state index contributed by atoms with van der Waals surface area (Å²) in [5.41, 5.74) is 0. The molecule has 0 bridgehead atoms. The SMILES string of the molecule is CC/C=C\C/C=C\C/C=C\C/C=C\C/C=C\CCCCCCOCC(CO)OC(=O)CCCC/C=C\C/C=C\C/C=C\C/C=C\CC. The summed E-state index contributed by atoms with van der Waals surface area (Å²) in [5, 5.41) is 9.55. The first-order valence-corrected chi connectivity index (χ1v) is 18.5. The molecule has 1 unspecified atom stereocenters. The third-order valence-corrected chi connectivity index (χ3v) is 7.09. The van der Waals surface area contributed by atoms with Gasteiger partial charge >= 0.3 is 5.97 Å². The van der Waals surface area contributed by atoms with E-state index in [4.69, 9.17) is 9.47 Å². The van der Waals surface area contributed by atoms with Crippen LogP contribution >= 0.6 is 0 Å². The van der Waals surface area contributed by atoms with Crippen LogP contribution in [0, 0.1) is 0 Å². The molecule has 0 aromatic rings. The molecule has 0 radical (unpaired) electrons. The minimum absolute atomic E-state index is 0.207. The van der Waals surface area contributed by atoms with Crippen molar-refractivity contribution in [1.29, 1.82) is 0 Å². The second kappa shape index (κ2) is 39.2. The fourth-order valence-corrected chi connectivity index (χ4v) is 4.40. The van der Waals surface area contributed by atoms with Crippen molar-refractivity contribution < 1.29 is 19.4 Å². The van der Waals surface area contributed by atoms with Gasteiger partial charge in [-0.25, -0.2) is 0 Å². The maximum atomic E-state index is 12.1. The van der Waals surface area contributed by atoms with Gasteiger partial charge in [0.05, 0.1) is 13.2 Å². The maximum absolute atomic E-state index is 12.1. The quantitative estimate of drug-likeness (QED) is 0.0448. The van der Waals surface area contributed by atoms with Gasteiger partial charge in [0.25, 0.3) is 0 Å². The number of hydrogen-bond donors (Lipinski definition) is 1. The highest BCUT2D eigenvalue weighted by atomic mass is 16.6. The van der Waals surface area contributed by atoms with E-state index in [1.807, 2.05) is 0 Å². The highest BCUT2D eigenvalue weighted by molar-refractivity contribution is 5.69. The number of allylic oxidation sites excluding steroid dienone is 18. The summed E-state index contributed by atoms with van der Waals surface area (Å²) in [4.78, 5) is 12.1. The smallest absolute Gasteiger partial charge is 0.306 e. The Morgan fingerprint density at radius 1 is 0.511 bits per heavy atom. The Hall–Kier alpha value is -2.95. The summed E-state index contributed by atoms with van der Waals surface area (Å²) in [7, 11) is 0. The fraction of sp³-hybridized carbons (Fsp3) is 0.558. The van der Waals surface area contributed by atoms with E-state index in [1.54, 1.807) is 0 Å². The molecule has 4 heteroatoms. The first kappa shape index (κ1) is 44.0. The largest absolute Gasteiger partial charge is 0.457 e. The lowest BCUT2D eigenvalue weighted by Gasteiger charge is -2.15. The molecule has 47 heavy (non-hydrogen) atoms. The molecule has 0 heterocycles. The van der Waals surface area contributed by atoms with Crippen LogP contribution < -0.4 is 0 Å². The van der Waals surface area contributed by atoms with Crippen molar-refractivity contribution in [3.63, 3.8) is 0 Å². The topological polar surface area (TPSA) is 55.8 Å². The van der Waals surface area contributed by atoms with Gasteiger partial charge in [0, 0.05) is 13.0 Å². The molecule has 0 saturated heterocycles. The Labute approximate surface area is 289 Å². The lowest BCUT2D eigenvalue weighted by Crippen LogP contribution is -2.27. The first-order chi connectivity index (χ1) is 23.2. The molecule has 0 amide bonds. The van der Waals surface area contributed by atoms with Gasteiger partial charge in [-0.2, -0.15) is 0 Å². The van der Waals surface area contributed by atoms with Crippen LogP contribution in [0.1, 0.15) is 129 Å². The summed E-state index contributed by atoms with van der Waals surface area (Å²) < 4.78 is 11.1. The van der Waals surface area contributed by atoms with E-state index in [0.29, 0.717) is 13.0 Å². The molecule has 0 rings (SSSR count). The van der Waals surface area contributed by atoms with Crippen molar-refractivity contribution in [2.24, 2.45) is 0 Å². The summed E-state index contributed by atoms with van der Waals surface area (Å²) in [6.45, 7) is 4.98. The number of unbranched alkanes of at least 4 members (excludes halogenated alkanes) is 6. The van der Waals surface area contributed by atoms with Crippen molar-refractivity contribution in [2.75, 3.05) is 19.8 Å². The minimum atomic E-state index is -0.577. The lowest BCUT2D eigenvalue weighted by molar-refractivity contribution is -0.154. The van der Waals surface area contributed by atoms with Gasteiger partial charge in [0.1, 0.15) is 6.10 Å². The van der Waals surface area contributed by atoms with Crippen LogP contribution in [-0.4, -0.2) is 37.0 Å². The van der Waals surface area contributed by atoms with Gasteiger partial charge in [-0.1, -0.05) is 136 Å². The molecule has 0 aromatic carbocycles. The van der Waals surface area contributed by atoms with Gasteiger partial charge in [0.15, 0.2) is 0 Å². The van der Waals surface area contributed by atoms with Crippen molar-refractivity contribution in [3.05, 3.63) is 109 Å². The predicted octanol–water partition coefficient (Wildman–Crippen LogP) is 12.0. The number of rotatable bonds is 32. The van der Waals surface area contributed by atoms with Gasteiger partial charge < -0.3 is 14.6 Å². The van der Waals surface area contributed by atoms with Gasteiger partial charge in [-0.15, -0.1) is 0 Å². The zero-order chi connectivity index (χ0) is 34.1. The highest BCUT2D eigenvalue weighted by Gasteiger charge is 2.13. The number of carbonyl (C=O) groups is 1. The summed E-state index contributed by atoms with van der Waals surface area (Å²) >= 11 is 0. The maximum Gasteiger partial charge on any atom is 0.306 e. The Bertz CT molecular complexity index is 945. The van der Waals surface area contributed by atoms with Gasteiger partial charge in [-0.3, -0.25) is 4.79 Å². The average molecular weight is 649 g/mol. The number of aliphatic hydroxyl groups is 1. The first-order valence-electron chi connectivity index (χ1n) is 18.5. The van der Waals surface area contributed by atoms with Crippen LogP contribution in [0.4, 0.5) is 0 Å². The molecule has 264 valence electrons. The Morgan fingerprint density at radius 3 is 1.32 bits per heavy atom. The highest BCUT2D eigenvalue weighted by Crippen LogP contribution is 2.07. The van der Waals surface area contributed by atoms with Gasteiger partial charge in [0.2, 0.25) is 0 Å². The molecule has 0 saturated carbocycles. The molecule has 0 fully saturated rings. The molecule has 0 aliphatic heterocycles. The van der Waals surface area contributed by atoms with Crippen LogP contribution in [0.2, 0.25) is 0 Å². The standard InChI is InChI=1S/C43H68O4/c1-3-5-7-9-11-13-15-17-19-20-21-22-23-25-27-29-31-33-35-37-39-46-41-42(40-44)47-43(45)38-36-34-32-30-28-26-24-18-16-14-12-10-8-6-4-2/h5-8,11-14,17-19,21-22,24-25,27-28,30,42,44H,3-4,9-10,15-16,20,23,26,29,31-41H2,1-2H3/b7-5-,8-6-,13-11-,14-12-,19-17-,22-21-,24-18-,27-25-,30-28-. The number of ether oxygens (including phenoxy) is 2. The van der Waals surface area contributed by atoms with Gasteiger partial charge in [-0.05, 0) is 96.3 Å². The number of esters is 1. The second-order valence-corrected chi connectivity index (χ2v) is 11.5. The van der Waals surface area contributed by atoms with Crippen molar-refractivity contribution in [1.82, 2.24) is 0 Å². The molecular weight excluding hydrogens is 580 g/mol. The van der Waals surface area contributed by atoms with E-state index in [9.17, 15) is 9.90 Å².